The van der Waals surface area contributed by atoms with Gasteiger partial charge in [0.05, 0.1) is 11.4 Å². The zero-order valence-corrected chi connectivity index (χ0v) is 9.68. The molecule has 0 spiro atoms. The monoisotopic (exact) mass is 221 g/mol. The molecule has 14 heavy (non-hydrogen) atoms. The lowest BCUT2D eigenvalue weighted by molar-refractivity contribution is -0.0613. The van der Waals surface area contributed by atoms with Crippen molar-refractivity contribution in [1.29, 1.82) is 0 Å². The molecule has 1 fully saturated rings. The van der Waals surface area contributed by atoms with Gasteiger partial charge in [0, 0.05) is 13.1 Å². The van der Waals surface area contributed by atoms with Crippen LogP contribution >= 0.6 is 0 Å². The Kier molecular flexibility index (Phi) is 3.55. The van der Waals surface area contributed by atoms with Crippen LogP contribution in [0, 0.1) is 0 Å². The summed E-state index contributed by atoms with van der Waals surface area (Å²) in [6.45, 7) is 4.38. The van der Waals surface area contributed by atoms with Crippen LogP contribution in [0.4, 0.5) is 0 Å². The predicted molar refractivity (Wildman–Crippen MR) is 55.5 cm³/mol. The van der Waals surface area contributed by atoms with Crippen LogP contribution < -0.4 is 0 Å². The van der Waals surface area contributed by atoms with Gasteiger partial charge in [-0.05, 0) is 12.8 Å². The Hall–Kier alpha value is -0.130. The molecule has 1 aliphatic rings. The highest BCUT2D eigenvalue weighted by atomic mass is 32.2. The highest BCUT2D eigenvalue weighted by molar-refractivity contribution is 7.89. The molecule has 0 bridgehead atoms. The first kappa shape index (κ1) is 11.9. The zero-order chi connectivity index (χ0) is 10.8. The van der Waals surface area contributed by atoms with Gasteiger partial charge in [-0.3, -0.25) is 0 Å². The molecular weight excluding hydrogens is 202 g/mol. The Morgan fingerprint density at radius 1 is 1.36 bits per heavy atom. The van der Waals surface area contributed by atoms with Crippen LogP contribution in [0.2, 0.25) is 0 Å². The van der Waals surface area contributed by atoms with Crippen molar-refractivity contribution in [3.05, 3.63) is 0 Å². The molecule has 5 heteroatoms. The predicted octanol–water partition coefficient (Wildman–Crippen LogP) is 0.573. The van der Waals surface area contributed by atoms with Crippen molar-refractivity contribution in [3.63, 3.8) is 0 Å². The van der Waals surface area contributed by atoms with Crippen molar-refractivity contribution in [1.82, 2.24) is 4.31 Å². The van der Waals surface area contributed by atoms with E-state index in [0.717, 1.165) is 6.42 Å². The minimum absolute atomic E-state index is 0.212. The maximum atomic E-state index is 11.6. The molecule has 1 rings (SSSR count). The summed E-state index contributed by atoms with van der Waals surface area (Å²) in [5.74, 6) is 0.212. The van der Waals surface area contributed by atoms with E-state index in [0.29, 0.717) is 12.8 Å². The van der Waals surface area contributed by atoms with Crippen molar-refractivity contribution in [3.8, 4) is 0 Å². The van der Waals surface area contributed by atoms with Crippen LogP contribution in [0.3, 0.4) is 0 Å². The largest absolute Gasteiger partial charge is 0.387 e. The molecule has 0 amide bonds. The van der Waals surface area contributed by atoms with Crippen LogP contribution in [0.1, 0.15) is 33.1 Å². The van der Waals surface area contributed by atoms with Gasteiger partial charge in [-0.2, -0.15) is 4.31 Å². The van der Waals surface area contributed by atoms with Gasteiger partial charge in [0.15, 0.2) is 0 Å². The zero-order valence-electron chi connectivity index (χ0n) is 8.86. The molecule has 0 aliphatic carbocycles. The Balaban J connectivity index is 2.46. The van der Waals surface area contributed by atoms with Gasteiger partial charge < -0.3 is 5.11 Å². The summed E-state index contributed by atoms with van der Waals surface area (Å²) < 4.78 is 24.6. The Bertz CT molecular complexity index is 280. The Morgan fingerprint density at radius 2 is 1.93 bits per heavy atom. The molecule has 84 valence electrons. The van der Waals surface area contributed by atoms with E-state index in [4.69, 9.17) is 0 Å². The molecule has 0 atom stereocenters. The fourth-order valence-electron chi connectivity index (χ4n) is 1.49. The van der Waals surface area contributed by atoms with Gasteiger partial charge in [0.1, 0.15) is 0 Å². The van der Waals surface area contributed by atoms with Gasteiger partial charge >= 0.3 is 0 Å². The van der Waals surface area contributed by atoms with Gasteiger partial charge in [0.25, 0.3) is 0 Å². The van der Waals surface area contributed by atoms with Crippen molar-refractivity contribution in [2.24, 2.45) is 0 Å². The summed E-state index contributed by atoms with van der Waals surface area (Å²) in [7, 11) is -3.09. The summed E-state index contributed by atoms with van der Waals surface area (Å²) >= 11 is 0. The SMILES string of the molecule is CCCCS(=O)(=O)N1CC(O)(CC)C1. The first-order chi connectivity index (χ1) is 6.43. The fourth-order valence-corrected chi connectivity index (χ4v) is 3.27. The number of sulfonamides is 1. The topological polar surface area (TPSA) is 57.6 Å². The lowest BCUT2D eigenvalue weighted by Gasteiger charge is -2.44. The average Bonchev–Trinajstić information content (AvgIpc) is 2.09. The van der Waals surface area contributed by atoms with E-state index in [1.165, 1.54) is 4.31 Å². The second-order valence-corrected chi connectivity index (χ2v) is 6.10. The summed E-state index contributed by atoms with van der Waals surface area (Å²) in [4.78, 5) is 0. The van der Waals surface area contributed by atoms with Crippen LogP contribution in [0.25, 0.3) is 0 Å². The molecule has 1 aliphatic heterocycles. The summed E-state index contributed by atoms with van der Waals surface area (Å²) in [5.41, 5.74) is -0.765. The van der Waals surface area contributed by atoms with Gasteiger partial charge in [-0.25, -0.2) is 8.42 Å². The Labute approximate surface area is 86.0 Å². The van der Waals surface area contributed by atoms with E-state index < -0.39 is 15.6 Å². The molecule has 1 heterocycles. The highest BCUT2D eigenvalue weighted by Crippen LogP contribution is 2.27. The van der Waals surface area contributed by atoms with Crippen molar-refractivity contribution >= 4 is 10.0 Å². The lowest BCUT2D eigenvalue weighted by Crippen LogP contribution is -2.63. The molecular formula is C9H19NO3S. The molecule has 0 aromatic rings. The quantitative estimate of drug-likeness (QED) is 0.738. The molecule has 0 aromatic heterocycles. The molecule has 1 saturated heterocycles. The molecule has 1 N–H and O–H groups in total. The number of rotatable bonds is 5. The summed E-state index contributed by atoms with van der Waals surface area (Å²) in [6, 6.07) is 0. The number of hydrogen-bond acceptors (Lipinski definition) is 3. The van der Waals surface area contributed by atoms with Crippen LogP contribution in [-0.2, 0) is 10.0 Å². The normalized spacial score (nSPS) is 21.9. The second-order valence-electron chi connectivity index (χ2n) is 4.02. The minimum Gasteiger partial charge on any atom is -0.387 e. The van der Waals surface area contributed by atoms with E-state index in [1.54, 1.807) is 0 Å². The highest BCUT2D eigenvalue weighted by Gasteiger charge is 2.44. The van der Waals surface area contributed by atoms with Gasteiger partial charge in [-0.1, -0.05) is 20.3 Å². The van der Waals surface area contributed by atoms with E-state index >= 15 is 0 Å². The molecule has 0 unspecified atom stereocenters. The second kappa shape index (κ2) is 4.16. The van der Waals surface area contributed by atoms with E-state index in [1.807, 2.05) is 13.8 Å². The average molecular weight is 221 g/mol. The van der Waals surface area contributed by atoms with Crippen LogP contribution in [0.15, 0.2) is 0 Å². The summed E-state index contributed by atoms with van der Waals surface area (Å²) in [5, 5.41) is 9.67. The smallest absolute Gasteiger partial charge is 0.214 e. The third-order valence-corrected chi connectivity index (χ3v) is 4.60. The number of hydrogen-bond donors (Lipinski definition) is 1. The molecule has 0 aromatic carbocycles. The van der Waals surface area contributed by atoms with Crippen LogP contribution in [-0.4, -0.2) is 42.3 Å². The molecule has 0 radical (unpaired) electrons. The number of β-amino-alcohol motifs (C(OH)–C–C–N with tert-alkyl or cyclic N) is 1. The minimum atomic E-state index is -3.09. The van der Waals surface area contributed by atoms with E-state index in [-0.39, 0.29) is 18.8 Å². The summed E-state index contributed by atoms with van der Waals surface area (Å²) in [6.07, 6.45) is 2.20. The third kappa shape index (κ3) is 2.46. The van der Waals surface area contributed by atoms with Gasteiger partial charge in [-0.15, -0.1) is 0 Å². The van der Waals surface area contributed by atoms with Crippen molar-refractivity contribution < 1.29 is 13.5 Å². The third-order valence-electron chi connectivity index (χ3n) is 2.75. The molecule has 4 nitrogen and oxygen atoms in total. The first-order valence-corrected chi connectivity index (χ1v) is 6.74. The first-order valence-electron chi connectivity index (χ1n) is 5.14. The Morgan fingerprint density at radius 3 is 2.36 bits per heavy atom. The maximum absolute atomic E-state index is 11.6. The van der Waals surface area contributed by atoms with Crippen LogP contribution in [0.5, 0.6) is 0 Å². The molecule has 0 saturated carbocycles. The standard InChI is InChI=1S/C9H19NO3S/c1-3-5-6-14(12,13)10-7-9(11,4-2)8-10/h11H,3-8H2,1-2H3. The maximum Gasteiger partial charge on any atom is 0.214 e. The lowest BCUT2D eigenvalue weighted by atomic mass is 9.94. The number of unbranched alkanes of at least 4 members (excludes halogenated alkanes) is 1. The van der Waals surface area contributed by atoms with Crippen molar-refractivity contribution in [2.75, 3.05) is 18.8 Å². The van der Waals surface area contributed by atoms with E-state index in [2.05, 4.69) is 0 Å². The number of nitrogens with zero attached hydrogens (tertiary/aromatic N) is 1. The van der Waals surface area contributed by atoms with Gasteiger partial charge in [0.2, 0.25) is 10.0 Å². The van der Waals surface area contributed by atoms with E-state index in [9.17, 15) is 13.5 Å². The fraction of sp³-hybridized carbons (Fsp3) is 1.00. The van der Waals surface area contributed by atoms with Crippen molar-refractivity contribution in [2.45, 2.75) is 38.7 Å². The number of aliphatic hydroxyl groups is 1.